The fourth-order valence-electron chi connectivity index (χ4n) is 1.99. The van der Waals surface area contributed by atoms with Crippen LogP contribution in [-0.4, -0.2) is 4.92 Å². The molecule has 0 unspecified atom stereocenters. The predicted octanol–water partition coefficient (Wildman–Crippen LogP) is 3.94. The van der Waals surface area contributed by atoms with Crippen LogP contribution in [0.15, 0.2) is 66.9 Å². The van der Waals surface area contributed by atoms with Crippen LogP contribution in [0, 0.1) is 10.1 Å². The third-order valence-electron chi connectivity index (χ3n) is 2.93. The minimum atomic E-state index is -0.382. The molecule has 0 saturated heterocycles. The second-order valence-electron chi connectivity index (χ2n) is 4.29. The van der Waals surface area contributed by atoms with E-state index >= 15 is 0 Å². The Hall–Kier alpha value is -2.42. The van der Waals surface area contributed by atoms with Gasteiger partial charge in [-0.1, -0.05) is 60.7 Å². The first-order valence-electron chi connectivity index (χ1n) is 6.19. The van der Waals surface area contributed by atoms with Gasteiger partial charge < -0.3 is 0 Å². The van der Waals surface area contributed by atoms with Crippen LogP contribution in [0.1, 0.15) is 17.5 Å². The highest BCUT2D eigenvalue weighted by Crippen LogP contribution is 2.20. The second kappa shape index (κ2) is 6.50. The van der Waals surface area contributed by atoms with Gasteiger partial charge in [0.15, 0.2) is 0 Å². The van der Waals surface area contributed by atoms with Gasteiger partial charge in [0.25, 0.3) is 0 Å². The normalized spacial score (nSPS) is 11.3. The Morgan fingerprint density at radius 3 is 2.16 bits per heavy atom. The summed E-state index contributed by atoms with van der Waals surface area (Å²) in [4.78, 5) is 10.3. The Morgan fingerprint density at radius 1 is 1.00 bits per heavy atom. The van der Waals surface area contributed by atoms with E-state index < -0.39 is 0 Å². The Balaban J connectivity index is 2.14. The number of aryl methyl sites for hydroxylation is 1. The van der Waals surface area contributed by atoms with E-state index in [1.165, 1.54) is 5.56 Å². The molecule has 2 aromatic rings. The van der Waals surface area contributed by atoms with E-state index in [1.54, 1.807) is 0 Å². The van der Waals surface area contributed by atoms with Gasteiger partial charge in [0.05, 0.1) is 4.92 Å². The van der Waals surface area contributed by atoms with Gasteiger partial charge in [-0.2, -0.15) is 0 Å². The summed E-state index contributed by atoms with van der Waals surface area (Å²) in [5.41, 5.74) is 2.86. The van der Waals surface area contributed by atoms with Crippen molar-refractivity contribution in [1.82, 2.24) is 0 Å². The highest BCUT2D eigenvalue weighted by atomic mass is 16.6. The van der Waals surface area contributed by atoms with Crippen LogP contribution in [0.25, 0.3) is 5.57 Å². The zero-order valence-electron chi connectivity index (χ0n) is 10.5. The molecule has 96 valence electrons. The molecule has 2 rings (SSSR count). The molecule has 0 atom stereocenters. The Morgan fingerprint density at radius 2 is 1.58 bits per heavy atom. The van der Waals surface area contributed by atoms with Crippen molar-refractivity contribution in [2.75, 3.05) is 0 Å². The minimum absolute atomic E-state index is 0.382. The van der Waals surface area contributed by atoms with Crippen LogP contribution >= 0.6 is 0 Å². The molecule has 0 amide bonds. The van der Waals surface area contributed by atoms with Crippen LogP contribution in [0.3, 0.4) is 0 Å². The maximum atomic E-state index is 10.7. The molecule has 0 aliphatic rings. The molecule has 3 nitrogen and oxygen atoms in total. The molecule has 3 heteroatoms. The van der Waals surface area contributed by atoms with Crippen molar-refractivity contribution in [1.29, 1.82) is 0 Å². The molecule has 19 heavy (non-hydrogen) atoms. The molecule has 0 radical (unpaired) electrons. The van der Waals surface area contributed by atoms with Gasteiger partial charge in [0, 0.05) is 5.57 Å². The fraction of sp³-hybridized carbons (Fsp3) is 0.125. The lowest BCUT2D eigenvalue weighted by Crippen LogP contribution is -1.94. The van der Waals surface area contributed by atoms with E-state index in [1.807, 2.05) is 60.7 Å². The summed E-state index contributed by atoms with van der Waals surface area (Å²) in [6, 6.07) is 19.5. The van der Waals surface area contributed by atoms with Crippen LogP contribution in [0.4, 0.5) is 0 Å². The van der Waals surface area contributed by atoms with Crippen molar-refractivity contribution >= 4 is 5.57 Å². The lowest BCUT2D eigenvalue weighted by atomic mass is 9.99. The van der Waals surface area contributed by atoms with E-state index in [0.717, 1.165) is 23.8 Å². The molecule has 2 aromatic carbocycles. The molecule has 0 N–H and O–H groups in total. The number of benzene rings is 2. The average molecular weight is 253 g/mol. The first-order chi connectivity index (χ1) is 9.25. The summed E-state index contributed by atoms with van der Waals surface area (Å²) in [6.45, 7) is 0. The first-order valence-corrected chi connectivity index (χ1v) is 6.19. The Bertz CT molecular complexity index is 562. The molecular formula is C16H15NO2. The standard InChI is InChI=1S/C16H15NO2/c18-17(19)13-16(15-9-5-2-6-10-15)12-11-14-7-3-1-4-8-14/h1-10,13H,11-12H2/b16-13-. The van der Waals surface area contributed by atoms with Gasteiger partial charge in [-0.15, -0.1) is 0 Å². The summed E-state index contributed by atoms with van der Waals surface area (Å²) in [5.74, 6) is 0. The van der Waals surface area contributed by atoms with Crippen LogP contribution < -0.4 is 0 Å². The molecular weight excluding hydrogens is 238 g/mol. The maximum absolute atomic E-state index is 10.7. The summed E-state index contributed by atoms with van der Waals surface area (Å²) in [6.07, 6.45) is 2.57. The minimum Gasteiger partial charge on any atom is -0.259 e. The number of allylic oxidation sites excluding steroid dienone is 1. The van der Waals surface area contributed by atoms with Crippen LogP contribution in [0.5, 0.6) is 0 Å². The highest BCUT2D eigenvalue weighted by molar-refractivity contribution is 5.64. The number of hydrogen-bond acceptors (Lipinski definition) is 2. The van der Waals surface area contributed by atoms with Crippen molar-refractivity contribution in [2.24, 2.45) is 0 Å². The number of nitro groups is 1. The van der Waals surface area contributed by atoms with Gasteiger partial charge in [0.2, 0.25) is 6.20 Å². The number of nitrogens with zero attached hydrogens (tertiary/aromatic N) is 1. The van der Waals surface area contributed by atoms with Gasteiger partial charge in [0.1, 0.15) is 0 Å². The summed E-state index contributed by atoms with van der Waals surface area (Å²) in [5, 5.41) is 10.7. The van der Waals surface area contributed by atoms with Gasteiger partial charge in [-0.05, 0) is 24.0 Å². The molecule has 0 aromatic heterocycles. The lowest BCUT2D eigenvalue weighted by molar-refractivity contribution is -0.401. The van der Waals surface area contributed by atoms with Crippen molar-refractivity contribution in [2.45, 2.75) is 12.8 Å². The van der Waals surface area contributed by atoms with Gasteiger partial charge >= 0.3 is 0 Å². The van der Waals surface area contributed by atoms with E-state index in [9.17, 15) is 10.1 Å². The molecule has 0 saturated carbocycles. The molecule has 0 spiro atoms. The van der Waals surface area contributed by atoms with E-state index in [-0.39, 0.29) is 4.92 Å². The summed E-state index contributed by atoms with van der Waals surface area (Å²) < 4.78 is 0. The molecule has 0 fully saturated rings. The van der Waals surface area contributed by atoms with Crippen molar-refractivity contribution in [3.05, 3.63) is 88.1 Å². The van der Waals surface area contributed by atoms with Crippen LogP contribution in [0.2, 0.25) is 0 Å². The molecule has 0 heterocycles. The zero-order chi connectivity index (χ0) is 13.5. The van der Waals surface area contributed by atoms with Gasteiger partial charge in [-0.3, -0.25) is 10.1 Å². The number of hydrogen-bond donors (Lipinski definition) is 0. The van der Waals surface area contributed by atoms with Crippen molar-refractivity contribution < 1.29 is 4.92 Å². The maximum Gasteiger partial charge on any atom is 0.238 e. The molecule has 0 aliphatic carbocycles. The highest BCUT2D eigenvalue weighted by Gasteiger charge is 2.06. The molecule has 0 aliphatic heterocycles. The van der Waals surface area contributed by atoms with Crippen LogP contribution in [-0.2, 0) is 6.42 Å². The van der Waals surface area contributed by atoms with E-state index in [4.69, 9.17) is 0 Å². The van der Waals surface area contributed by atoms with Crippen molar-refractivity contribution in [3.63, 3.8) is 0 Å². The first kappa shape index (κ1) is 13.0. The smallest absolute Gasteiger partial charge is 0.238 e. The molecule has 0 bridgehead atoms. The Labute approximate surface area is 112 Å². The van der Waals surface area contributed by atoms with Crippen molar-refractivity contribution in [3.8, 4) is 0 Å². The Kier molecular flexibility index (Phi) is 4.45. The fourth-order valence-corrected chi connectivity index (χ4v) is 1.99. The lowest BCUT2D eigenvalue weighted by Gasteiger charge is -2.05. The zero-order valence-corrected chi connectivity index (χ0v) is 10.5. The van der Waals surface area contributed by atoms with E-state index in [0.29, 0.717) is 6.42 Å². The third-order valence-corrected chi connectivity index (χ3v) is 2.93. The second-order valence-corrected chi connectivity index (χ2v) is 4.29. The SMILES string of the molecule is O=[N+]([O-])/C=C(/CCc1ccccc1)c1ccccc1. The monoisotopic (exact) mass is 253 g/mol. The largest absolute Gasteiger partial charge is 0.259 e. The average Bonchev–Trinajstić information content (AvgIpc) is 2.45. The topological polar surface area (TPSA) is 43.1 Å². The summed E-state index contributed by atoms with van der Waals surface area (Å²) >= 11 is 0. The predicted molar refractivity (Wildman–Crippen MR) is 76.2 cm³/mol. The van der Waals surface area contributed by atoms with Gasteiger partial charge in [-0.25, -0.2) is 0 Å². The number of rotatable bonds is 5. The third kappa shape index (κ3) is 4.07. The van der Waals surface area contributed by atoms with E-state index in [2.05, 4.69) is 0 Å². The quantitative estimate of drug-likeness (QED) is 0.598. The summed E-state index contributed by atoms with van der Waals surface area (Å²) in [7, 11) is 0.